The van der Waals surface area contributed by atoms with Gasteiger partial charge in [-0.2, -0.15) is 4.98 Å². The molecule has 2 aromatic heterocycles. The lowest BCUT2D eigenvalue weighted by atomic mass is 9.96. The third-order valence-electron chi connectivity index (χ3n) is 5.43. The summed E-state index contributed by atoms with van der Waals surface area (Å²) in [6, 6.07) is 16.8. The predicted octanol–water partition coefficient (Wildman–Crippen LogP) is 3.83. The lowest BCUT2D eigenvalue weighted by Crippen LogP contribution is -2.41. The number of piperidine rings is 1. The number of aliphatic imine (C=N–C) groups is 1. The van der Waals surface area contributed by atoms with Crippen LogP contribution in [0.25, 0.3) is 11.0 Å². The summed E-state index contributed by atoms with van der Waals surface area (Å²) in [4.78, 5) is 25.5. The molecule has 0 amide bonds. The molecule has 2 N–H and O–H groups in total. The number of benzene rings is 1. The number of pyridine rings is 2. The second-order valence-corrected chi connectivity index (χ2v) is 7.76. The molecule has 1 aromatic carbocycles. The Morgan fingerprint density at radius 2 is 2.00 bits per heavy atom. The number of likely N-dealkylation sites (tertiary alicyclic amines) is 1. The molecule has 3 aromatic rings. The van der Waals surface area contributed by atoms with Crippen LogP contribution in [0.4, 0.5) is 5.69 Å². The Morgan fingerprint density at radius 1 is 1.16 bits per heavy atom. The highest BCUT2D eigenvalue weighted by molar-refractivity contribution is 5.98. The average molecular weight is 418 g/mol. The number of nitrogens with zero attached hydrogens (tertiary/aromatic N) is 3. The zero-order chi connectivity index (χ0) is 21.5. The lowest BCUT2D eigenvalue weighted by Gasteiger charge is -2.31. The minimum Gasteiger partial charge on any atom is -0.478 e. The smallest absolute Gasteiger partial charge is 0.249 e. The number of hydrogen-bond donors (Lipinski definition) is 2. The van der Waals surface area contributed by atoms with E-state index in [4.69, 9.17) is 10.1 Å². The number of unbranched alkanes of at least 4 members (excludes halogenated alkanes) is 1. The van der Waals surface area contributed by atoms with E-state index in [1.807, 2.05) is 48.7 Å². The number of rotatable bonds is 8. The Morgan fingerprint density at radius 3 is 2.87 bits per heavy atom. The molecule has 1 fully saturated rings. The molecule has 0 spiro atoms. The molecule has 1 aliphatic rings. The van der Waals surface area contributed by atoms with Crippen LogP contribution in [-0.2, 0) is 0 Å². The van der Waals surface area contributed by atoms with Gasteiger partial charge in [-0.05, 0) is 50.1 Å². The fourth-order valence-corrected chi connectivity index (χ4v) is 3.68. The van der Waals surface area contributed by atoms with Crippen molar-refractivity contribution in [2.75, 3.05) is 26.2 Å². The molecular weight excluding hydrogens is 390 g/mol. The summed E-state index contributed by atoms with van der Waals surface area (Å²) in [5.74, 6) is 0.604. The summed E-state index contributed by atoms with van der Waals surface area (Å²) in [6.07, 6.45) is 4.64. The molecule has 7 heteroatoms. The number of para-hydroxylation sites is 1. The van der Waals surface area contributed by atoms with Crippen molar-refractivity contribution in [3.8, 4) is 5.88 Å². The Kier molecular flexibility index (Phi) is 6.84. The van der Waals surface area contributed by atoms with E-state index in [1.54, 1.807) is 6.07 Å². The molecule has 1 saturated heterocycles. The van der Waals surface area contributed by atoms with E-state index in [0.29, 0.717) is 18.1 Å². The molecule has 1 unspecified atom stereocenters. The first kappa shape index (κ1) is 20.9. The van der Waals surface area contributed by atoms with Crippen molar-refractivity contribution < 1.29 is 4.74 Å². The number of nitrogens with one attached hydrogen (secondary N) is 2. The molecule has 0 radical (unpaired) electrons. The molecular formula is C24H27N5O2. The van der Waals surface area contributed by atoms with Gasteiger partial charge < -0.3 is 20.0 Å². The van der Waals surface area contributed by atoms with Gasteiger partial charge in [-0.1, -0.05) is 18.2 Å². The van der Waals surface area contributed by atoms with Crippen LogP contribution < -0.4 is 10.3 Å². The quantitative estimate of drug-likeness (QED) is 0.430. The highest BCUT2D eigenvalue weighted by Gasteiger charge is 2.22. The fraction of sp³-hybridized carbons (Fsp3) is 0.333. The summed E-state index contributed by atoms with van der Waals surface area (Å²) in [7, 11) is 0. The minimum absolute atomic E-state index is 0.0779. The number of hydrogen-bond acceptors (Lipinski definition) is 6. The number of aromatic nitrogens is 2. The Hall–Kier alpha value is -3.32. The monoisotopic (exact) mass is 417 g/mol. The summed E-state index contributed by atoms with van der Waals surface area (Å²) >= 11 is 0. The van der Waals surface area contributed by atoms with Crippen molar-refractivity contribution in [1.29, 1.82) is 5.41 Å². The van der Waals surface area contributed by atoms with Gasteiger partial charge in [0.25, 0.3) is 0 Å². The van der Waals surface area contributed by atoms with Gasteiger partial charge in [0.15, 0.2) is 0 Å². The van der Waals surface area contributed by atoms with E-state index in [2.05, 4.69) is 19.9 Å². The summed E-state index contributed by atoms with van der Waals surface area (Å²) in [6.45, 7) is 3.33. The molecule has 31 heavy (non-hydrogen) atoms. The van der Waals surface area contributed by atoms with Crippen molar-refractivity contribution in [3.63, 3.8) is 0 Å². The maximum atomic E-state index is 11.4. The third kappa shape index (κ3) is 5.86. The molecule has 1 atom stereocenters. The van der Waals surface area contributed by atoms with Crippen LogP contribution in [0.1, 0.15) is 19.3 Å². The fourth-order valence-electron chi connectivity index (χ4n) is 3.68. The Bertz CT molecular complexity index is 1110. The van der Waals surface area contributed by atoms with Crippen molar-refractivity contribution in [2.24, 2.45) is 10.9 Å². The zero-order valence-electron chi connectivity index (χ0n) is 17.5. The van der Waals surface area contributed by atoms with Crippen molar-refractivity contribution in [1.82, 2.24) is 14.9 Å². The van der Waals surface area contributed by atoms with Crippen LogP contribution in [0, 0.1) is 11.3 Å². The van der Waals surface area contributed by atoms with E-state index < -0.39 is 0 Å². The predicted molar refractivity (Wildman–Crippen MR) is 124 cm³/mol. The number of ether oxygens (including phenoxy) is 1. The van der Waals surface area contributed by atoms with E-state index >= 15 is 0 Å². The highest BCUT2D eigenvalue weighted by atomic mass is 16.5. The SMILES string of the molecule is N=C1CCN(CCCCOc2ccc3ccc(=O)[nH]c3n2)CC1C=Nc1ccccc1. The van der Waals surface area contributed by atoms with E-state index in [9.17, 15) is 4.79 Å². The molecule has 0 saturated carbocycles. The van der Waals surface area contributed by atoms with Gasteiger partial charge in [0.05, 0.1) is 12.3 Å². The van der Waals surface area contributed by atoms with Gasteiger partial charge in [-0.15, -0.1) is 0 Å². The Balaban J connectivity index is 1.21. The molecule has 3 heterocycles. The zero-order valence-corrected chi connectivity index (χ0v) is 17.5. The maximum absolute atomic E-state index is 11.4. The first-order valence-electron chi connectivity index (χ1n) is 10.7. The molecule has 0 bridgehead atoms. The van der Waals surface area contributed by atoms with E-state index in [-0.39, 0.29) is 11.5 Å². The van der Waals surface area contributed by atoms with Gasteiger partial charge in [0.2, 0.25) is 11.4 Å². The lowest BCUT2D eigenvalue weighted by molar-refractivity contribution is 0.238. The van der Waals surface area contributed by atoms with Crippen LogP contribution in [-0.4, -0.2) is 53.0 Å². The molecule has 0 aliphatic carbocycles. The molecule has 4 rings (SSSR count). The first-order chi connectivity index (χ1) is 15.2. The van der Waals surface area contributed by atoms with Crippen LogP contribution in [0.15, 0.2) is 64.4 Å². The molecule has 160 valence electrons. The number of fused-ring (bicyclic) bond motifs is 1. The standard InChI is InChI=1S/C24H27N5O2/c25-21-12-14-29(17-19(21)16-26-20-6-2-1-3-7-20)13-4-5-15-31-23-11-9-18-8-10-22(30)27-24(18)28-23/h1-3,6-11,16,19,25H,4-5,12-15,17H2,(H,27,28,30). The van der Waals surface area contributed by atoms with Gasteiger partial charge in [0.1, 0.15) is 5.65 Å². The van der Waals surface area contributed by atoms with Crippen LogP contribution in [0.2, 0.25) is 0 Å². The summed E-state index contributed by atoms with van der Waals surface area (Å²) in [5.41, 5.74) is 2.07. The van der Waals surface area contributed by atoms with Gasteiger partial charge in [-0.25, -0.2) is 0 Å². The Labute approximate surface area is 181 Å². The molecule has 1 aliphatic heterocycles. The normalized spacial score (nSPS) is 17.4. The van der Waals surface area contributed by atoms with Gasteiger partial charge >= 0.3 is 0 Å². The highest BCUT2D eigenvalue weighted by Crippen LogP contribution is 2.16. The van der Waals surface area contributed by atoms with Crippen LogP contribution in [0.5, 0.6) is 5.88 Å². The van der Waals surface area contributed by atoms with Gasteiger partial charge in [-0.3, -0.25) is 9.79 Å². The van der Waals surface area contributed by atoms with Crippen molar-refractivity contribution >= 4 is 28.6 Å². The van der Waals surface area contributed by atoms with Gasteiger partial charge in [0, 0.05) is 48.5 Å². The molecule has 7 nitrogen and oxygen atoms in total. The average Bonchev–Trinajstić information content (AvgIpc) is 2.79. The first-order valence-corrected chi connectivity index (χ1v) is 10.7. The van der Waals surface area contributed by atoms with Crippen molar-refractivity contribution in [3.05, 3.63) is 65.0 Å². The number of H-pyrrole nitrogens is 1. The van der Waals surface area contributed by atoms with Crippen LogP contribution in [0.3, 0.4) is 0 Å². The number of aromatic amines is 1. The topological polar surface area (TPSA) is 94.4 Å². The summed E-state index contributed by atoms with van der Waals surface area (Å²) < 4.78 is 5.76. The van der Waals surface area contributed by atoms with E-state index in [0.717, 1.165) is 55.7 Å². The minimum atomic E-state index is -0.168. The summed E-state index contributed by atoms with van der Waals surface area (Å²) in [5, 5.41) is 9.13. The second-order valence-electron chi connectivity index (χ2n) is 7.76. The second kappa shape index (κ2) is 10.1. The van der Waals surface area contributed by atoms with Crippen LogP contribution >= 0.6 is 0 Å². The third-order valence-corrected chi connectivity index (χ3v) is 5.43. The van der Waals surface area contributed by atoms with Crippen molar-refractivity contribution in [2.45, 2.75) is 19.3 Å². The maximum Gasteiger partial charge on any atom is 0.249 e. The van der Waals surface area contributed by atoms with E-state index in [1.165, 1.54) is 6.07 Å². The largest absolute Gasteiger partial charge is 0.478 e.